The van der Waals surface area contributed by atoms with Gasteiger partial charge in [-0.15, -0.1) is 0 Å². The first kappa shape index (κ1) is 14.5. The Hall–Kier alpha value is -1.47. The molecule has 0 bridgehead atoms. The van der Waals surface area contributed by atoms with Crippen molar-refractivity contribution in [2.75, 3.05) is 7.05 Å². The quantitative estimate of drug-likeness (QED) is 0.619. The molecule has 0 N–H and O–H groups in total. The van der Waals surface area contributed by atoms with E-state index >= 15 is 0 Å². The van der Waals surface area contributed by atoms with E-state index in [0.717, 1.165) is 18.7 Å². The molecule has 2 heterocycles. The van der Waals surface area contributed by atoms with E-state index in [-0.39, 0.29) is 22.9 Å². The monoisotopic (exact) mass is 294 g/mol. The Morgan fingerprint density at radius 2 is 2.00 bits per heavy atom. The van der Waals surface area contributed by atoms with Crippen LogP contribution < -0.4 is 0 Å². The van der Waals surface area contributed by atoms with Gasteiger partial charge in [0.2, 0.25) is 5.82 Å². The van der Waals surface area contributed by atoms with Crippen LogP contribution in [-0.2, 0) is 11.9 Å². The Morgan fingerprint density at radius 1 is 1.29 bits per heavy atom. The fourth-order valence-corrected chi connectivity index (χ4v) is 3.73. The summed E-state index contributed by atoms with van der Waals surface area (Å²) in [6.07, 6.45) is 8.66. The van der Waals surface area contributed by atoms with Crippen molar-refractivity contribution in [3.63, 3.8) is 0 Å². The van der Waals surface area contributed by atoms with Gasteiger partial charge >= 0.3 is 5.82 Å². The lowest BCUT2D eigenvalue weighted by molar-refractivity contribution is -0.391. The summed E-state index contributed by atoms with van der Waals surface area (Å²) >= 11 is 0. The average molecular weight is 294 g/mol. The lowest BCUT2D eigenvalue weighted by atomic mass is 9.84. The highest BCUT2D eigenvalue weighted by Gasteiger charge is 2.46. The molecule has 0 spiro atoms. The number of hydroxylamine groups is 2. The van der Waals surface area contributed by atoms with Crippen molar-refractivity contribution in [3.05, 3.63) is 22.1 Å². The molecule has 3 atom stereocenters. The van der Waals surface area contributed by atoms with Gasteiger partial charge in [0, 0.05) is 13.0 Å². The standard InChI is InChI=1S/C14H22N4O3/c1-16-12(18(19)20)9-15-14(16)13-10-7-5-3-4-6-8-11(10)21-17(13)2/h9-11,13H,3-8H2,1-2H3. The summed E-state index contributed by atoms with van der Waals surface area (Å²) in [6, 6.07) is 0.00630. The first-order valence-electron chi connectivity index (χ1n) is 7.65. The normalized spacial score (nSPS) is 30.7. The molecule has 1 saturated carbocycles. The molecule has 116 valence electrons. The van der Waals surface area contributed by atoms with Crippen LogP contribution in [0.3, 0.4) is 0 Å². The summed E-state index contributed by atoms with van der Waals surface area (Å²) in [5.41, 5.74) is 0. The molecule has 0 radical (unpaired) electrons. The predicted molar refractivity (Wildman–Crippen MR) is 76.4 cm³/mol. The fourth-order valence-electron chi connectivity index (χ4n) is 3.73. The number of imidazole rings is 1. The van der Waals surface area contributed by atoms with Crippen molar-refractivity contribution in [3.8, 4) is 0 Å². The number of fused-ring (bicyclic) bond motifs is 1. The van der Waals surface area contributed by atoms with Crippen molar-refractivity contribution >= 4 is 5.82 Å². The maximum atomic E-state index is 11.0. The van der Waals surface area contributed by atoms with Gasteiger partial charge in [0.1, 0.15) is 12.2 Å². The summed E-state index contributed by atoms with van der Waals surface area (Å²) in [7, 11) is 3.63. The fraction of sp³-hybridized carbons (Fsp3) is 0.786. The molecule has 1 aliphatic carbocycles. The number of hydrogen-bond donors (Lipinski definition) is 0. The smallest absolute Gasteiger partial charge is 0.342 e. The average Bonchev–Trinajstić information content (AvgIpc) is 2.91. The molecule has 1 aliphatic heterocycles. The van der Waals surface area contributed by atoms with E-state index in [0.29, 0.717) is 5.92 Å². The van der Waals surface area contributed by atoms with E-state index in [9.17, 15) is 10.1 Å². The molecule has 7 heteroatoms. The molecule has 1 aromatic rings. The van der Waals surface area contributed by atoms with E-state index in [1.807, 2.05) is 12.1 Å². The Labute approximate surface area is 124 Å². The molecule has 1 aromatic heterocycles. The summed E-state index contributed by atoms with van der Waals surface area (Å²) in [5.74, 6) is 1.14. The van der Waals surface area contributed by atoms with Gasteiger partial charge in [-0.25, -0.2) is 9.55 Å². The highest BCUT2D eigenvalue weighted by Crippen LogP contribution is 2.43. The van der Waals surface area contributed by atoms with Crippen molar-refractivity contribution in [1.29, 1.82) is 0 Å². The van der Waals surface area contributed by atoms with Crippen LogP contribution in [-0.4, -0.2) is 32.7 Å². The Balaban J connectivity index is 1.91. The molecule has 1 saturated heterocycles. The van der Waals surface area contributed by atoms with E-state index < -0.39 is 0 Å². The first-order chi connectivity index (χ1) is 10.1. The molecule has 7 nitrogen and oxygen atoms in total. The van der Waals surface area contributed by atoms with Gasteiger partial charge in [-0.05, 0) is 17.8 Å². The summed E-state index contributed by atoms with van der Waals surface area (Å²) in [6.45, 7) is 0. The minimum Gasteiger partial charge on any atom is -0.358 e. The van der Waals surface area contributed by atoms with Crippen molar-refractivity contribution in [2.45, 2.75) is 50.7 Å². The summed E-state index contributed by atoms with van der Waals surface area (Å²) < 4.78 is 1.59. The molecular formula is C14H22N4O3. The van der Waals surface area contributed by atoms with E-state index in [2.05, 4.69) is 4.98 Å². The zero-order chi connectivity index (χ0) is 15.0. The third-order valence-electron chi connectivity index (χ3n) is 4.80. The van der Waals surface area contributed by atoms with Gasteiger partial charge in [0.25, 0.3) is 0 Å². The predicted octanol–water partition coefficient (Wildman–Crippen LogP) is 2.59. The summed E-state index contributed by atoms with van der Waals surface area (Å²) in [5, 5.41) is 12.9. The van der Waals surface area contributed by atoms with Crippen molar-refractivity contribution in [2.24, 2.45) is 13.0 Å². The molecule has 2 fully saturated rings. The minimum absolute atomic E-state index is 0.00630. The van der Waals surface area contributed by atoms with E-state index in [1.54, 1.807) is 11.6 Å². The number of nitro groups is 1. The SMILES string of the molecule is CN1OC2CCCCCCC2C1c1ncc([N+](=O)[O-])n1C. The zero-order valence-corrected chi connectivity index (χ0v) is 12.6. The highest BCUT2D eigenvalue weighted by atomic mass is 16.7. The molecule has 21 heavy (non-hydrogen) atoms. The van der Waals surface area contributed by atoms with Crippen LogP contribution >= 0.6 is 0 Å². The zero-order valence-electron chi connectivity index (χ0n) is 12.6. The van der Waals surface area contributed by atoms with Crippen molar-refractivity contribution in [1.82, 2.24) is 14.6 Å². The van der Waals surface area contributed by atoms with Gasteiger partial charge in [0.05, 0.1) is 13.2 Å². The Morgan fingerprint density at radius 3 is 2.67 bits per heavy atom. The van der Waals surface area contributed by atoms with Crippen LogP contribution in [0.5, 0.6) is 0 Å². The van der Waals surface area contributed by atoms with Gasteiger partial charge in [0.15, 0.2) is 0 Å². The first-order valence-corrected chi connectivity index (χ1v) is 7.65. The lowest BCUT2D eigenvalue weighted by Crippen LogP contribution is -2.25. The van der Waals surface area contributed by atoms with Crippen LogP contribution in [0.1, 0.15) is 50.4 Å². The topological polar surface area (TPSA) is 73.4 Å². The number of nitrogens with zero attached hydrogens (tertiary/aromatic N) is 4. The van der Waals surface area contributed by atoms with Gasteiger partial charge < -0.3 is 10.1 Å². The maximum Gasteiger partial charge on any atom is 0.342 e. The second-order valence-corrected chi connectivity index (χ2v) is 6.08. The van der Waals surface area contributed by atoms with Gasteiger partial charge in [-0.1, -0.05) is 25.7 Å². The third kappa shape index (κ3) is 2.55. The molecule has 0 amide bonds. The number of hydrogen-bond acceptors (Lipinski definition) is 5. The Bertz CT molecular complexity index is 530. The van der Waals surface area contributed by atoms with Crippen LogP contribution in [0, 0.1) is 16.0 Å². The van der Waals surface area contributed by atoms with Gasteiger partial charge in [-0.2, -0.15) is 5.06 Å². The van der Waals surface area contributed by atoms with E-state index in [4.69, 9.17) is 4.84 Å². The second kappa shape index (κ2) is 5.73. The van der Waals surface area contributed by atoms with Crippen LogP contribution in [0.25, 0.3) is 0 Å². The molecule has 3 rings (SSSR count). The van der Waals surface area contributed by atoms with Crippen LogP contribution in [0.15, 0.2) is 6.20 Å². The summed E-state index contributed by atoms with van der Waals surface area (Å²) in [4.78, 5) is 20.9. The van der Waals surface area contributed by atoms with Gasteiger partial charge in [-0.3, -0.25) is 4.84 Å². The minimum atomic E-state index is -0.387. The lowest BCUT2D eigenvalue weighted by Gasteiger charge is -2.23. The number of aromatic nitrogens is 2. The van der Waals surface area contributed by atoms with Crippen molar-refractivity contribution < 1.29 is 9.76 Å². The highest BCUT2D eigenvalue weighted by molar-refractivity contribution is 5.21. The molecule has 2 aliphatic rings. The molecule has 0 aromatic carbocycles. The second-order valence-electron chi connectivity index (χ2n) is 6.08. The maximum absolute atomic E-state index is 11.0. The van der Waals surface area contributed by atoms with Crippen LogP contribution in [0.2, 0.25) is 0 Å². The number of rotatable bonds is 2. The van der Waals surface area contributed by atoms with Crippen LogP contribution in [0.4, 0.5) is 5.82 Å². The molecular weight excluding hydrogens is 272 g/mol. The van der Waals surface area contributed by atoms with E-state index in [1.165, 1.54) is 31.9 Å². The Kier molecular flexibility index (Phi) is 3.95. The molecule has 3 unspecified atom stereocenters. The third-order valence-corrected chi connectivity index (χ3v) is 4.80. The largest absolute Gasteiger partial charge is 0.358 e.